The molecule has 6 atom stereocenters. The Morgan fingerprint density at radius 1 is 0.966 bits per heavy atom. The van der Waals surface area contributed by atoms with Gasteiger partial charge in [-0.15, -0.1) is 0 Å². The van der Waals surface area contributed by atoms with Crippen LogP contribution in [0, 0.1) is 40.4 Å². The second kappa shape index (κ2) is 7.65. The molecular weight excluding hydrogens is 356 g/mol. The summed E-state index contributed by atoms with van der Waals surface area (Å²) in [6.45, 7) is 11.9. The Balaban J connectivity index is 1.60. The van der Waals surface area contributed by atoms with E-state index in [4.69, 9.17) is 0 Å². The third-order valence-electron chi connectivity index (χ3n) is 9.80. The molecule has 0 spiro atoms. The van der Waals surface area contributed by atoms with Crippen LogP contribution in [0.5, 0.6) is 0 Å². The van der Waals surface area contributed by atoms with Gasteiger partial charge in [-0.1, -0.05) is 59.5 Å². The molecule has 162 valence electrons. The largest absolute Gasteiger partial charge is 0.300 e. The first-order chi connectivity index (χ1) is 13.7. The number of ketones is 2. The molecule has 4 aliphatic rings. The van der Waals surface area contributed by atoms with Gasteiger partial charge in [-0.05, 0) is 72.5 Å². The zero-order valence-electron chi connectivity index (χ0n) is 19.5. The summed E-state index contributed by atoms with van der Waals surface area (Å²) in [6, 6.07) is 0. The predicted molar refractivity (Wildman–Crippen MR) is 119 cm³/mol. The van der Waals surface area contributed by atoms with Crippen molar-refractivity contribution in [2.24, 2.45) is 40.4 Å². The van der Waals surface area contributed by atoms with Crippen LogP contribution in [0.2, 0.25) is 0 Å². The van der Waals surface area contributed by atoms with E-state index in [0.29, 0.717) is 35.2 Å². The number of carbonyl (C=O) groups is 2. The summed E-state index contributed by atoms with van der Waals surface area (Å²) in [5.74, 6) is 3.98. The molecule has 0 aromatic heterocycles. The van der Waals surface area contributed by atoms with Crippen molar-refractivity contribution < 1.29 is 9.59 Å². The van der Waals surface area contributed by atoms with Gasteiger partial charge in [0.15, 0.2) is 5.78 Å². The van der Waals surface area contributed by atoms with Crippen molar-refractivity contribution in [3.63, 3.8) is 0 Å². The van der Waals surface area contributed by atoms with Crippen molar-refractivity contribution in [2.75, 3.05) is 0 Å². The Morgan fingerprint density at radius 2 is 1.72 bits per heavy atom. The molecule has 6 unspecified atom stereocenters. The first-order valence-corrected chi connectivity index (χ1v) is 12.4. The maximum Gasteiger partial charge on any atom is 0.159 e. The number of hydrogen-bond acceptors (Lipinski definition) is 2. The Labute approximate surface area is 178 Å². The number of allylic oxidation sites excluding steroid dienone is 2. The molecule has 4 aliphatic carbocycles. The topological polar surface area (TPSA) is 34.1 Å². The van der Waals surface area contributed by atoms with Gasteiger partial charge in [-0.2, -0.15) is 0 Å². The van der Waals surface area contributed by atoms with Crippen LogP contribution in [-0.4, -0.2) is 11.6 Å². The van der Waals surface area contributed by atoms with Gasteiger partial charge >= 0.3 is 0 Å². The molecule has 0 heterocycles. The van der Waals surface area contributed by atoms with E-state index in [0.717, 1.165) is 44.4 Å². The van der Waals surface area contributed by atoms with E-state index in [9.17, 15) is 9.59 Å². The molecule has 0 bridgehead atoms. The maximum absolute atomic E-state index is 13.4. The lowest BCUT2D eigenvalue weighted by Crippen LogP contribution is -2.47. The van der Waals surface area contributed by atoms with E-state index in [2.05, 4.69) is 34.6 Å². The minimum atomic E-state index is 0.105. The second-order valence-electron chi connectivity index (χ2n) is 11.9. The van der Waals surface area contributed by atoms with Crippen molar-refractivity contribution >= 4 is 11.6 Å². The van der Waals surface area contributed by atoms with Gasteiger partial charge in [0, 0.05) is 24.8 Å². The van der Waals surface area contributed by atoms with Crippen LogP contribution in [-0.2, 0) is 9.59 Å². The molecule has 2 heteroatoms. The van der Waals surface area contributed by atoms with Gasteiger partial charge in [0.25, 0.3) is 0 Å². The lowest BCUT2D eigenvalue weighted by atomic mass is 9.49. The van der Waals surface area contributed by atoms with Crippen molar-refractivity contribution in [1.29, 1.82) is 0 Å². The molecule has 4 rings (SSSR count). The zero-order valence-corrected chi connectivity index (χ0v) is 19.5. The monoisotopic (exact) mass is 398 g/mol. The summed E-state index contributed by atoms with van der Waals surface area (Å²) in [7, 11) is 0. The number of fused-ring (bicyclic) bond motifs is 4. The van der Waals surface area contributed by atoms with Gasteiger partial charge < -0.3 is 0 Å². The van der Waals surface area contributed by atoms with E-state index in [1.807, 2.05) is 0 Å². The summed E-state index contributed by atoms with van der Waals surface area (Å²) in [5, 5.41) is 0. The molecule has 0 saturated heterocycles. The highest BCUT2D eigenvalue weighted by Crippen LogP contribution is 2.64. The molecule has 0 radical (unpaired) electrons. The maximum atomic E-state index is 13.4. The van der Waals surface area contributed by atoms with Crippen molar-refractivity contribution in [3.05, 3.63) is 11.1 Å². The van der Waals surface area contributed by atoms with Gasteiger partial charge in [0.1, 0.15) is 5.78 Å². The number of hydrogen-bond donors (Lipinski definition) is 0. The first kappa shape index (κ1) is 21.3. The Kier molecular flexibility index (Phi) is 5.62. The van der Waals surface area contributed by atoms with Crippen molar-refractivity contribution in [3.8, 4) is 0 Å². The van der Waals surface area contributed by atoms with E-state index in [1.54, 1.807) is 0 Å². The normalized spacial score (nSPS) is 40.7. The van der Waals surface area contributed by atoms with Crippen LogP contribution < -0.4 is 0 Å². The van der Waals surface area contributed by atoms with E-state index in [1.165, 1.54) is 43.3 Å². The summed E-state index contributed by atoms with van der Waals surface area (Å²) in [6.07, 6.45) is 11.8. The Hall–Kier alpha value is -0.920. The van der Waals surface area contributed by atoms with E-state index < -0.39 is 0 Å². The lowest BCUT2D eigenvalue weighted by Gasteiger charge is -2.55. The SMILES string of the molecule is CC(C)CCCC(C)C1CC(=O)C2=C3CCC4CC(=O)CCC4(C)C3CCC21C. The fourth-order valence-corrected chi connectivity index (χ4v) is 8.03. The molecule has 0 N–H and O–H groups in total. The Bertz CT molecular complexity index is 716. The van der Waals surface area contributed by atoms with Gasteiger partial charge in [-0.25, -0.2) is 0 Å². The second-order valence-corrected chi connectivity index (χ2v) is 11.9. The highest BCUT2D eigenvalue weighted by molar-refractivity contribution is 6.00. The van der Waals surface area contributed by atoms with Crippen molar-refractivity contribution in [2.45, 2.75) is 105 Å². The highest BCUT2D eigenvalue weighted by atomic mass is 16.1. The summed E-state index contributed by atoms with van der Waals surface area (Å²) in [4.78, 5) is 25.5. The molecule has 0 amide bonds. The molecule has 0 aromatic carbocycles. The third kappa shape index (κ3) is 3.47. The molecule has 3 saturated carbocycles. The van der Waals surface area contributed by atoms with E-state index >= 15 is 0 Å². The van der Waals surface area contributed by atoms with Gasteiger partial charge in [0.2, 0.25) is 0 Å². The molecule has 0 aliphatic heterocycles. The number of Topliss-reactive ketones (excluding diaryl/α,β-unsaturated/α-hetero) is 2. The van der Waals surface area contributed by atoms with Gasteiger partial charge in [0.05, 0.1) is 0 Å². The molecular formula is C27H42O2. The average molecular weight is 399 g/mol. The average Bonchev–Trinajstić information content (AvgIpc) is 2.93. The lowest BCUT2D eigenvalue weighted by molar-refractivity contribution is -0.127. The molecule has 3 fully saturated rings. The fraction of sp³-hybridized carbons (Fsp3) is 0.852. The summed E-state index contributed by atoms with van der Waals surface area (Å²) in [5.41, 5.74) is 3.16. The van der Waals surface area contributed by atoms with Crippen LogP contribution in [0.1, 0.15) is 105 Å². The van der Waals surface area contributed by atoms with E-state index in [-0.39, 0.29) is 10.8 Å². The van der Waals surface area contributed by atoms with Crippen LogP contribution in [0.15, 0.2) is 11.1 Å². The quantitative estimate of drug-likeness (QED) is 0.503. The minimum Gasteiger partial charge on any atom is -0.300 e. The smallest absolute Gasteiger partial charge is 0.159 e. The number of carbonyl (C=O) groups excluding carboxylic acids is 2. The van der Waals surface area contributed by atoms with Crippen LogP contribution >= 0.6 is 0 Å². The molecule has 0 aromatic rings. The van der Waals surface area contributed by atoms with Gasteiger partial charge in [-0.3, -0.25) is 9.59 Å². The Morgan fingerprint density at radius 3 is 2.45 bits per heavy atom. The summed E-state index contributed by atoms with van der Waals surface area (Å²) < 4.78 is 0. The van der Waals surface area contributed by atoms with Crippen LogP contribution in [0.25, 0.3) is 0 Å². The third-order valence-corrected chi connectivity index (χ3v) is 9.80. The minimum absolute atomic E-state index is 0.105. The van der Waals surface area contributed by atoms with Crippen LogP contribution in [0.3, 0.4) is 0 Å². The molecule has 2 nitrogen and oxygen atoms in total. The number of rotatable bonds is 5. The fourth-order valence-electron chi connectivity index (χ4n) is 8.03. The first-order valence-electron chi connectivity index (χ1n) is 12.4. The van der Waals surface area contributed by atoms with Crippen LogP contribution in [0.4, 0.5) is 0 Å². The summed E-state index contributed by atoms with van der Waals surface area (Å²) >= 11 is 0. The molecule has 29 heavy (non-hydrogen) atoms. The zero-order chi connectivity index (χ0) is 21.0. The predicted octanol–water partition coefficient (Wildman–Crippen LogP) is 6.92. The standard InChI is InChI=1S/C27H42O2/c1-17(2)7-6-8-18(3)23-16-24(29)25-21-10-9-19-15-20(28)11-13-26(19,4)22(21)12-14-27(23,25)5/h17-19,22-23H,6-16H2,1-5H3. The highest BCUT2D eigenvalue weighted by Gasteiger charge is 2.58. The van der Waals surface area contributed by atoms with Crippen molar-refractivity contribution in [1.82, 2.24) is 0 Å².